The molecule has 0 aromatic rings. The summed E-state index contributed by atoms with van der Waals surface area (Å²) in [5.74, 6) is 1.09. The molecule has 2 aliphatic heterocycles. The minimum Gasteiger partial charge on any atom is -0.364 e. The highest BCUT2D eigenvalue weighted by molar-refractivity contribution is 6.03. The smallest absolute Gasteiger partial charge is 0.128 e. The van der Waals surface area contributed by atoms with Crippen molar-refractivity contribution in [3.63, 3.8) is 0 Å². The van der Waals surface area contributed by atoms with E-state index in [1.165, 1.54) is 11.1 Å². The Kier molecular flexibility index (Phi) is 1.75. The molecule has 1 unspecified atom stereocenters. The third-order valence-electron chi connectivity index (χ3n) is 2.29. The van der Waals surface area contributed by atoms with Gasteiger partial charge < -0.3 is 5.32 Å². The summed E-state index contributed by atoms with van der Waals surface area (Å²) in [6, 6.07) is 0.430. The molecular weight excluding hydrogens is 148 g/mol. The van der Waals surface area contributed by atoms with Crippen LogP contribution in [0.1, 0.15) is 20.3 Å². The van der Waals surface area contributed by atoms with Gasteiger partial charge >= 0.3 is 0 Å². The summed E-state index contributed by atoms with van der Waals surface area (Å²) in [6.45, 7) is 5.24. The van der Waals surface area contributed by atoms with Gasteiger partial charge in [0.25, 0.3) is 0 Å². The summed E-state index contributed by atoms with van der Waals surface area (Å²) in [5.41, 5.74) is 2.67. The number of nitrogens with one attached hydrogen (secondary N) is 1. The molecule has 0 bridgehead atoms. The highest BCUT2D eigenvalue weighted by atomic mass is 15.0. The first-order valence-corrected chi connectivity index (χ1v) is 4.47. The van der Waals surface area contributed by atoms with E-state index in [1.807, 2.05) is 0 Å². The van der Waals surface area contributed by atoms with Gasteiger partial charge in [0, 0.05) is 18.2 Å². The standard InChI is InChI=1S/C10H14N2/c1-7-6-8(2)12-10-9(7)4-3-5-11-10/h4,6,8H,3,5H2,1-2H3,(H,11,12). The van der Waals surface area contributed by atoms with Gasteiger partial charge in [-0.25, -0.2) is 0 Å². The van der Waals surface area contributed by atoms with Crippen molar-refractivity contribution in [2.24, 2.45) is 4.99 Å². The van der Waals surface area contributed by atoms with Gasteiger partial charge in [-0.2, -0.15) is 0 Å². The van der Waals surface area contributed by atoms with Crippen molar-refractivity contribution >= 4 is 5.84 Å². The number of hydrogen-bond donors (Lipinski definition) is 1. The Bertz CT molecular complexity index is 284. The molecule has 0 saturated heterocycles. The highest BCUT2D eigenvalue weighted by Gasteiger charge is 2.18. The van der Waals surface area contributed by atoms with Crippen LogP contribution in [-0.2, 0) is 0 Å². The maximum atomic E-state index is 4.45. The van der Waals surface area contributed by atoms with Gasteiger partial charge in [0.15, 0.2) is 0 Å². The molecule has 0 aromatic carbocycles. The van der Waals surface area contributed by atoms with Crippen molar-refractivity contribution in [2.45, 2.75) is 26.3 Å². The van der Waals surface area contributed by atoms with Gasteiger partial charge in [0.2, 0.25) is 0 Å². The van der Waals surface area contributed by atoms with Gasteiger partial charge in [0.1, 0.15) is 5.84 Å². The van der Waals surface area contributed by atoms with Crippen molar-refractivity contribution in [1.29, 1.82) is 0 Å². The molecule has 0 fully saturated rings. The molecule has 12 heavy (non-hydrogen) atoms. The molecular formula is C10H14N2. The molecule has 0 spiro atoms. The molecule has 0 radical (unpaired) electrons. The number of nitrogens with zero attached hydrogens (tertiary/aromatic N) is 1. The molecule has 0 aromatic heterocycles. The van der Waals surface area contributed by atoms with Gasteiger partial charge in [-0.1, -0.05) is 12.2 Å². The quantitative estimate of drug-likeness (QED) is 0.575. The van der Waals surface area contributed by atoms with Crippen molar-refractivity contribution in [2.75, 3.05) is 6.54 Å². The summed E-state index contributed by atoms with van der Waals surface area (Å²) in [4.78, 5) is 4.45. The third-order valence-corrected chi connectivity index (χ3v) is 2.29. The molecule has 1 atom stereocenters. The average Bonchev–Trinajstić information content (AvgIpc) is 2.04. The van der Waals surface area contributed by atoms with E-state index in [-0.39, 0.29) is 0 Å². The maximum absolute atomic E-state index is 4.45. The Hall–Kier alpha value is -1.05. The topological polar surface area (TPSA) is 24.4 Å². The van der Waals surface area contributed by atoms with Gasteiger partial charge in [-0.05, 0) is 25.8 Å². The monoisotopic (exact) mass is 162 g/mol. The van der Waals surface area contributed by atoms with E-state index < -0.39 is 0 Å². The SMILES string of the molecule is CC1=CC(C)NC2=NCCC=C12. The number of dihydropyridines is 1. The summed E-state index contributed by atoms with van der Waals surface area (Å²) < 4.78 is 0. The molecule has 1 N–H and O–H groups in total. The Morgan fingerprint density at radius 1 is 1.58 bits per heavy atom. The first-order chi connectivity index (χ1) is 5.77. The fraction of sp³-hybridized carbons (Fsp3) is 0.500. The molecule has 0 amide bonds. The Balaban J connectivity index is 2.38. The van der Waals surface area contributed by atoms with Crippen molar-refractivity contribution in [1.82, 2.24) is 5.32 Å². The maximum Gasteiger partial charge on any atom is 0.128 e. The number of fused-ring (bicyclic) bond motifs is 1. The van der Waals surface area contributed by atoms with Crippen LogP contribution < -0.4 is 5.32 Å². The van der Waals surface area contributed by atoms with E-state index in [1.54, 1.807) is 0 Å². The van der Waals surface area contributed by atoms with E-state index in [2.05, 4.69) is 36.3 Å². The summed E-state index contributed by atoms with van der Waals surface area (Å²) in [5, 5.41) is 3.35. The van der Waals surface area contributed by atoms with Crippen LogP contribution in [0.4, 0.5) is 0 Å². The zero-order valence-corrected chi connectivity index (χ0v) is 7.59. The Labute approximate surface area is 73.1 Å². The fourth-order valence-electron chi connectivity index (χ4n) is 1.76. The average molecular weight is 162 g/mol. The van der Waals surface area contributed by atoms with Gasteiger partial charge in [0.05, 0.1) is 0 Å². The second-order valence-corrected chi connectivity index (χ2v) is 3.42. The van der Waals surface area contributed by atoms with E-state index in [0.29, 0.717) is 6.04 Å². The first-order valence-electron chi connectivity index (χ1n) is 4.47. The molecule has 2 aliphatic rings. The van der Waals surface area contributed by atoms with E-state index in [4.69, 9.17) is 0 Å². The minimum atomic E-state index is 0.430. The largest absolute Gasteiger partial charge is 0.364 e. The van der Waals surface area contributed by atoms with E-state index in [9.17, 15) is 0 Å². The molecule has 2 heteroatoms. The lowest BCUT2D eigenvalue weighted by Crippen LogP contribution is -2.37. The van der Waals surface area contributed by atoms with Crippen LogP contribution in [0.15, 0.2) is 28.3 Å². The van der Waals surface area contributed by atoms with Crippen LogP contribution in [0, 0.1) is 0 Å². The summed E-state index contributed by atoms with van der Waals surface area (Å²) in [7, 11) is 0. The lowest BCUT2D eigenvalue weighted by Gasteiger charge is -2.25. The van der Waals surface area contributed by atoms with Crippen LogP contribution in [0.3, 0.4) is 0 Å². The van der Waals surface area contributed by atoms with Crippen molar-refractivity contribution < 1.29 is 0 Å². The fourth-order valence-corrected chi connectivity index (χ4v) is 1.76. The summed E-state index contributed by atoms with van der Waals surface area (Å²) >= 11 is 0. The van der Waals surface area contributed by atoms with Gasteiger partial charge in [-0.3, -0.25) is 4.99 Å². The Morgan fingerprint density at radius 2 is 2.42 bits per heavy atom. The van der Waals surface area contributed by atoms with Crippen molar-refractivity contribution in [3.05, 3.63) is 23.3 Å². The Morgan fingerprint density at radius 3 is 3.25 bits per heavy atom. The second-order valence-electron chi connectivity index (χ2n) is 3.42. The van der Waals surface area contributed by atoms with Crippen LogP contribution in [0.2, 0.25) is 0 Å². The normalized spacial score (nSPS) is 27.8. The number of aliphatic imine (C=N–C) groups is 1. The molecule has 0 aliphatic carbocycles. The highest BCUT2D eigenvalue weighted by Crippen LogP contribution is 2.19. The van der Waals surface area contributed by atoms with Crippen LogP contribution in [0.25, 0.3) is 0 Å². The predicted octanol–water partition coefficient (Wildman–Crippen LogP) is 1.65. The van der Waals surface area contributed by atoms with E-state index in [0.717, 1.165) is 18.8 Å². The molecule has 2 rings (SSSR count). The van der Waals surface area contributed by atoms with Crippen molar-refractivity contribution in [3.8, 4) is 0 Å². The van der Waals surface area contributed by atoms with Crippen LogP contribution >= 0.6 is 0 Å². The second kappa shape index (κ2) is 2.77. The number of hydrogen-bond acceptors (Lipinski definition) is 2. The van der Waals surface area contributed by atoms with Gasteiger partial charge in [-0.15, -0.1) is 0 Å². The zero-order valence-electron chi connectivity index (χ0n) is 7.59. The number of rotatable bonds is 0. The molecule has 2 heterocycles. The minimum absolute atomic E-state index is 0.430. The molecule has 2 nitrogen and oxygen atoms in total. The zero-order chi connectivity index (χ0) is 8.55. The predicted molar refractivity (Wildman–Crippen MR) is 51.4 cm³/mol. The lowest BCUT2D eigenvalue weighted by molar-refractivity contribution is 0.769. The van der Waals surface area contributed by atoms with E-state index >= 15 is 0 Å². The molecule has 64 valence electrons. The van der Waals surface area contributed by atoms with Crippen LogP contribution in [-0.4, -0.2) is 18.4 Å². The van der Waals surface area contributed by atoms with Crippen LogP contribution in [0.5, 0.6) is 0 Å². The number of amidine groups is 1. The first kappa shape index (κ1) is 7.59. The lowest BCUT2D eigenvalue weighted by atomic mass is 9.97. The summed E-state index contributed by atoms with van der Waals surface area (Å²) in [6.07, 6.45) is 5.60. The third kappa shape index (κ3) is 1.17. The molecule has 0 saturated carbocycles.